The van der Waals surface area contributed by atoms with Crippen molar-refractivity contribution < 1.29 is 75.7 Å². The SMILES string of the molecule is CC(CC(=CCOCC=C(CC(C)O[Si](C)(C)C)OC(C(F)(F)F)C(F)(F)F)OC(C(F)(F)F)C(F)(F)F)O[Si](C)(C)C. The first kappa shape index (κ1) is 41.6. The van der Waals surface area contributed by atoms with E-state index in [0.29, 0.717) is 0 Å². The van der Waals surface area contributed by atoms with Crippen LogP contribution in [0.5, 0.6) is 0 Å². The highest BCUT2D eigenvalue weighted by atomic mass is 28.4. The molecule has 0 aromatic heterocycles. The first-order chi connectivity index (χ1) is 18.9. The van der Waals surface area contributed by atoms with E-state index in [0.717, 1.165) is 12.2 Å². The van der Waals surface area contributed by atoms with E-state index in [9.17, 15) is 52.7 Å². The van der Waals surface area contributed by atoms with Crippen LogP contribution >= 0.6 is 0 Å². The Bertz CT molecular complexity index is 801. The number of hydrogen-bond acceptors (Lipinski definition) is 5. The molecule has 0 N–H and O–H groups in total. The minimum absolute atomic E-state index is 0.523. The monoisotopic (exact) mass is 690 g/mol. The molecule has 0 fully saturated rings. The molecule has 2 atom stereocenters. The van der Waals surface area contributed by atoms with Gasteiger partial charge < -0.3 is 23.1 Å². The zero-order valence-electron chi connectivity index (χ0n) is 24.9. The third-order valence-electron chi connectivity index (χ3n) is 4.67. The van der Waals surface area contributed by atoms with Gasteiger partial charge in [0.05, 0.1) is 24.7 Å². The summed E-state index contributed by atoms with van der Waals surface area (Å²) in [6, 6.07) is 0. The number of ether oxygens (including phenoxy) is 3. The Kier molecular flexibility index (Phi) is 15.2. The first-order valence-electron chi connectivity index (χ1n) is 12.8. The summed E-state index contributed by atoms with van der Waals surface area (Å²) in [5, 5.41) is 0. The fraction of sp³-hybridized carbons (Fsp3) is 0.833. The largest absolute Gasteiger partial charge is 0.476 e. The van der Waals surface area contributed by atoms with Gasteiger partial charge in [-0.3, -0.25) is 0 Å². The van der Waals surface area contributed by atoms with Gasteiger partial charge in [-0.2, -0.15) is 52.7 Å². The molecule has 0 aliphatic rings. The Labute approximate surface area is 244 Å². The summed E-state index contributed by atoms with van der Waals surface area (Å²) in [4.78, 5) is 0. The first-order valence-corrected chi connectivity index (χ1v) is 19.6. The molecule has 0 saturated carbocycles. The van der Waals surface area contributed by atoms with E-state index in [2.05, 4.69) is 9.47 Å². The van der Waals surface area contributed by atoms with Crippen molar-refractivity contribution in [1.29, 1.82) is 0 Å². The van der Waals surface area contributed by atoms with E-state index >= 15 is 0 Å². The molecular formula is C24H38F12O5Si2. The lowest BCUT2D eigenvalue weighted by atomic mass is 10.2. The number of halogens is 12. The van der Waals surface area contributed by atoms with E-state index in [1.165, 1.54) is 13.8 Å². The average molecular weight is 691 g/mol. The predicted octanol–water partition coefficient (Wildman–Crippen LogP) is 9.05. The van der Waals surface area contributed by atoms with E-state index in [1.54, 1.807) is 39.3 Å². The zero-order chi connectivity index (χ0) is 34.2. The van der Waals surface area contributed by atoms with Crippen molar-refractivity contribution in [3.05, 3.63) is 23.7 Å². The third-order valence-corrected chi connectivity index (χ3v) is 6.89. The molecule has 0 aromatic carbocycles. The molecule has 0 amide bonds. The van der Waals surface area contributed by atoms with Gasteiger partial charge >= 0.3 is 24.7 Å². The molecule has 256 valence electrons. The van der Waals surface area contributed by atoms with Crippen LogP contribution in [0.25, 0.3) is 0 Å². The summed E-state index contributed by atoms with van der Waals surface area (Å²) >= 11 is 0. The van der Waals surface area contributed by atoms with Crippen LogP contribution in [0.15, 0.2) is 23.7 Å². The lowest BCUT2D eigenvalue weighted by Crippen LogP contribution is -2.44. The number of hydrogen-bond donors (Lipinski definition) is 0. The molecule has 0 aromatic rings. The quantitative estimate of drug-likeness (QED) is 0.0700. The fourth-order valence-corrected chi connectivity index (χ4v) is 6.11. The van der Waals surface area contributed by atoms with Crippen molar-refractivity contribution in [2.75, 3.05) is 13.2 Å². The van der Waals surface area contributed by atoms with Crippen molar-refractivity contribution in [3.8, 4) is 0 Å². The molecule has 0 saturated heterocycles. The van der Waals surface area contributed by atoms with Crippen molar-refractivity contribution in [2.24, 2.45) is 0 Å². The van der Waals surface area contributed by atoms with E-state index < -0.39 is 103 Å². The maximum atomic E-state index is 13.1. The normalized spacial score (nSPS) is 16.6. The summed E-state index contributed by atoms with van der Waals surface area (Å²) in [6.07, 6.45) is -32.9. The Hall–Kier alpha value is -1.45. The summed E-state index contributed by atoms with van der Waals surface area (Å²) < 4.78 is 182. The smallest absolute Gasteiger partial charge is 0.434 e. The van der Waals surface area contributed by atoms with Crippen LogP contribution in [0.3, 0.4) is 0 Å². The molecular weight excluding hydrogens is 652 g/mol. The molecule has 0 spiro atoms. The summed E-state index contributed by atoms with van der Waals surface area (Å²) in [5.74, 6) is -1.59. The molecule has 0 heterocycles. The standard InChI is InChI=1S/C24H38F12O5Si2/c1-15(40-42(3,4)5)13-17(38-19(21(25,26)27)22(28,29)30)9-11-37-12-10-18(14-16(2)41-43(6,7)8)39-20(23(31,32)33)24(34,35)36/h9-10,15-16,19-20H,11-14H2,1-8H3. The maximum Gasteiger partial charge on any atom is 0.434 e. The molecule has 2 unspecified atom stereocenters. The van der Waals surface area contributed by atoms with Gasteiger partial charge in [-0.1, -0.05) is 0 Å². The minimum atomic E-state index is -5.82. The fourth-order valence-electron chi connectivity index (χ4n) is 3.53. The highest BCUT2D eigenvalue weighted by Crippen LogP contribution is 2.39. The van der Waals surface area contributed by atoms with Gasteiger partial charge in [0, 0.05) is 25.0 Å². The van der Waals surface area contributed by atoms with Crippen molar-refractivity contribution in [1.82, 2.24) is 0 Å². The predicted molar refractivity (Wildman–Crippen MR) is 138 cm³/mol. The van der Waals surface area contributed by atoms with Crippen LogP contribution in [0.4, 0.5) is 52.7 Å². The van der Waals surface area contributed by atoms with E-state index in [-0.39, 0.29) is 0 Å². The second-order valence-corrected chi connectivity index (χ2v) is 20.5. The minimum Gasteiger partial charge on any atom is -0.476 e. The summed E-state index contributed by atoms with van der Waals surface area (Å²) in [5.41, 5.74) is 0. The average Bonchev–Trinajstić information content (AvgIpc) is 2.68. The lowest BCUT2D eigenvalue weighted by molar-refractivity contribution is -0.314. The van der Waals surface area contributed by atoms with Gasteiger partial charge in [-0.05, 0) is 65.3 Å². The lowest BCUT2D eigenvalue weighted by Gasteiger charge is -2.28. The van der Waals surface area contributed by atoms with Crippen molar-refractivity contribution >= 4 is 16.6 Å². The van der Waals surface area contributed by atoms with Crippen LogP contribution in [0.1, 0.15) is 26.7 Å². The highest BCUT2D eigenvalue weighted by molar-refractivity contribution is 6.70. The molecule has 0 aliphatic heterocycles. The van der Waals surface area contributed by atoms with Crippen molar-refractivity contribution in [2.45, 2.75) is 115 Å². The van der Waals surface area contributed by atoms with Gasteiger partial charge in [0.1, 0.15) is 0 Å². The van der Waals surface area contributed by atoms with Gasteiger partial charge in [0.2, 0.25) is 0 Å². The van der Waals surface area contributed by atoms with Crippen LogP contribution in [0, 0.1) is 0 Å². The topological polar surface area (TPSA) is 46.2 Å². The second-order valence-electron chi connectivity index (χ2n) is 11.5. The molecule has 43 heavy (non-hydrogen) atoms. The third kappa shape index (κ3) is 18.8. The molecule has 0 rings (SSSR count). The Morgan fingerprint density at radius 2 is 0.791 bits per heavy atom. The van der Waals surface area contributed by atoms with Crippen molar-refractivity contribution in [3.63, 3.8) is 0 Å². The van der Waals surface area contributed by atoms with Crippen LogP contribution in [-0.2, 0) is 23.1 Å². The molecule has 5 nitrogen and oxygen atoms in total. The van der Waals surface area contributed by atoms with Crippen LogP contribution in [-0.4, -0.2) is 79.0 Å². The summed E-state index contributed by atoms with van der Waals surface area (Å²) in [7, 11) is -4.55. The van der Waals surface area contributed by atoms with Crippen LogP contribution < -0.4 is 0 Å². The van der Waals surface area contributed by atoms with E-state index in [1.807, 2.05) is 0 Å². The van der Waals surface area contributed by atoms with Gasteiger partial charge in [0.15, 0.2) is 16.6 Å². The number of rotatable bonds is 16. The van der Waals surface area contributed by atoms with Crippen LogP contribution in [0.2, 0.25) is 39.3 Å². The second kappa shape index (κ2) is 15.7. The van der Waals surface area contributed by atoms with E-state index in [4.69, 9.17) is 13.6 Å². The van der Waals surface area contributed by atoms with Gasteiger partial charge in [-0.25, -0.2) is 0 Å². The maximum absolute atomic E-state index is 13.1. The molecule has 0 bridgehead atoms. The Balaban J connectivity index is 6.01. The summed E-state index contributed by atoms with van der Waals surface area (Å²) in [6.45, 7) is 11.8. The van der Waals surface area contributed by atoms with Gasteiger partial charge in [-0.15, -0.1) is 0 Å². The molecule has 0 radical (unpaired) electrons. The molecule has 0 aliphatic carbocycles. The van der Waals surface area contributed by atoms with Gasteiger partial charge in [0.25, 0.3) is 12.2 Å². The molecule has 19 heteroatoms. The zero-order valence-corrected chi connectivity index (χ0v) is 26.9. The Morgan fingerprint density at radius 1 is 0.535 bits per heavy atom. The Morgan fingerprint density at radius 3 is 1.00 bits per heavy atom. The number of alkyl halides is 12. The highest BCUT2D eigenvalue weighted by Gasteiger charge is 2.60.